The number of halogens is 1. The Morgan fingerprint density at radius 1 is 1.16 bits per heavy atom. The van der Waals surface area contributed by atoms with E-state index in [-0.39, 0.29) is 12.0 Å². The van der Waals surface area contributed by atoms with Crippen LogP contribution in [-0.2, 0) is 16.1 Å². The average molecular weight is 505 g/mol. The molecule has 1 aromatic heterocycles. The molecule has 32 heavy (non-hydrogen) atoms. The van der Waals surface area contributed by atoms with Crippen molar-refractivity contribution >= 4 is 28.0 Å². The van der Waals surface area contributed by atoms with Crippen LogP contribution in [0.3, 0.4) is 0 Å². The van der Waals surface area contributed by atoms with Crippen molar-refractivity contribution in [2.24, 2.45) is 0 Å². The van der Waals surface area contributed by atoms with Gasteiger partial charge in [0.05, 0.1) is 7.11 Å². The molecular formula is C24H29BrN2O5. The number of hydrogen-bond donors (Lipinski definition) is 0. The van der Waals surface area contributed by atoms with Gasteiger partial charge in [-0.1, -0.05) is 30.3 Å². The summed E-state index contributed by atoms with van der Waals surface area (Å²) in [6, 6.07) is 11.4. The molecule has 3 rings (SSSR count). The Labute approximate surface area is 197 Å². The Kier molecular flexibility index (Phi) is 7.77. The number of carbonyl (C=O) groups is 2. The second-order valence-corrected chi connectivity index (χ2v) is 9.47. The molecule has 1 aromatic carbocycles. The number of carbonyl (C=O) groups excluding carboxylic acids is 2. The average Bonchev–Trinajstić information content (AvgIpc) is 2.77. The highest BCUT2D eigenvalue weighted by Gasteiger charge is 2.30. The van der Waals surface area contributed by atoms with Gasteiger partial charge in [-0.05, 0) is 61.2 Å². The fraction of sp³-hybridized carbons (Fsp3) is 0.458. The Morgan fingerprint density at radius 2 is 1.81 bits per heavy atom. The minimum Gasteiger partial charge on any atom is -0.485 e. The Balaban J connectivity index is 1.74. The number of rotatable bonds is 5. The van der Waals surface area contributed by atoms with Crippen LogP contribution in [0.25, 0.3) is 0 Å². The van der Waals surface area contributed by atoms with Gasteiger partial charge in [0.25, 0.3) is 0 Å². The van der Waals surface area contributed by atoms with E-state index in [1.807, 2.05) is 51.1 Å². The highest BCUT2D eigenvalue weighted by Crippen LogP contribution is 2.35. The van der Waals surface area contributed by atoms with Crippen LogP contribution < -0.4 is 4.74 Å². The molecule has 0 saturated carbocycles. The molecule has 1 amide bonds. The molecule has 0 atom stereocenters. The quantitative estimate of drug-likeness (QED) is 0.404. The van der Waals surface area contributed by atoms with Gasteiger partial charge in [-0.3, -0.25) is 0 Å². The molecule has 0 bridgehead atoms. The van der Waals surface area contributed by atoms with E-state index < -0.39 is 11.6 Å². The number of aromatic nitrogens is 1. The standard InChI is InChI=1S/C24H29BrN2O5/c1-24(2,3)32-23(29)27-12-10-17(11-13-27)19-14-18(22(28)30-4)20(21(25)26-19)31-15-16-8-6-5-7-9-16/h5-9,14,17H,10-13,15H2,1-4H3. The SMILES string of the molecule is COC(=O)c1cc(C2CCN(C(=O)OC(C)(C)C)CC2)nc(Br)c1OCc1ccccc1. The molecule has 0 spiro atoms. The van der Waals surface area contributed by atoms with Gasteiger partial charge in [0.1, 0.15) is 22.4 Å². The molecule has 0 radical (unpaired) electrons. The van der Waals surface area contributed by atoms with Crippen molar-refractivity contribution < 1.29 is 23.8 Å². The molecule has 1 saturated heterocycles. The minimum atomic E-state index is -0.522. The van der Waals surface area contributed by atoms with Crippen LogP contribution in [0.1, 0.15) is 61.1 Å². The topological polar surface area (TPSA) is 78.0 Å². The lowest BCUT2D eigenvalue weighted by Gasteiger charge is -2.33. The molecule has 2 heterocycles. The Bertz CT molecular complexity index is 951. The predicted octanol–water partition coefficient (Wildman–Crippen LogP) is 5.32. The van der Waals surface area contributed by atoms with Crippen LogP contribution in [0.4, 0.5) is 4.79 Å². The van der Waals surface area contributed by atoms with Gasteiger partial charge in [-0.15, -0.1) is 0 Å². The predicted molar refractivity (Wildman–Crippen MR) is 124 cm³/mol. The van der Waals surface area contributed by atoms with E-state index in [0.717, 1.165) is 24.1 Å². The van der Waals surface area contributed by atoms with Gasteiger partial charge < -0.3 is 19.1 Å². The molecule has 0 aliphatic carbocycles. The molecule has 2 aromatic rings. The van der Waals surface area contributed by atoms with Crippen LogP contribution in [0, 0.1) is 0 Å². The van der Waals surface area contributed by atoms with Gasteiger partial charge in [0.15, 0.2) is 5.75 Å². The number of esters is 1. The van der Waals surface area contributed by atoms with Gasteiger partial charge in [-0.2, -0.15) is 0 Å². The fourth-order valence-corrected chi connectivity index (χ4v) is 4.08. The molecule has 7 nitrogen and oxygen atoms in total. The van der Waals surface area contributed by atoms with E-state index in [4.69, 9.17) is 14.2 Å². The molecule has 172 valence electrons. The number of methoxy groups -OCH3 is 1. The van der Waals surface area contributed by atoms with Crippen LogP contribution in [0.5, 0.6) is 5.75 Å². The summed E-state index contributed by atoms with van der Waals surface area (Å²) in [7, 11) is 1.34. The molecule has 1 aliphatic rings. The van der Waals surface area contributed by atoms with Crippen LogP contribution in [-0.4, -0.2) is 47.7 Å². The van der Waals surface area contributed by atoms with Crippen LogP contribution in [0.15, 0.2) is 41.0 Å². The Hall–Kier alpha value is -2.61. The van der Waals surface area contributed by atoms with Gasteiger partial charge in [-0.25, -0.2) is 14.6 Å². The molecule has 1 fully saturated rings. The number of piperidine rings is 1. The van der Waals surface area contributed by atoms with Gasteiger partial charge >= 0.3 is 12.1 Å². The summed E-state index contributed by atoms with van der Waals surface area (Å²) < 4.78 is 16.8. The first kappa shape index (κ1) is 24.0. The first-order chi connectivity index (χ1) is 15.2. The highest BCUT2D eigenvalue weighted by atomic mass is 79.9. The summed E-state index contributed by atoms with van der Waals surface area (Å²) >= 11 is 3.48. The maximum absolute atomic E-state index is 12.5. The molecule has 8 heteroatoms. The summed E-state index contributed by atoms with van der Waals surface area (Å²) in [6.45, 7) is 7.01. The summed E-state index contributed by atoms with van der Waals surface area (Å²) in [5, 5.41) is 0. The van der Waals surface area contributed by atoms with E-state index in [0.29, 0.717) is 35.6 Å². The maximum Gasteiger partial charge on any atom is 0.410 e. The minimum absolute atomic E-state index is 0.108. The lowest BCUT2D eigenvalue weighted by Crippen LogP contribution is -2.41. The van der Waals surface area contributed by atoms with Crippen molar-refractivity contribution in [3.63, 3.8) is 0 Å². The number of amides is 1. The fourth-order valence-electron chi connectivity index (χ4n) is 3.54. The first-order valence-electron chi connectivity index (χ1n) is 10.6. The van der Waals surface area contributed by atoms with Crippen molar-refractivity contribution in [1.82, 2.24) is 9.88 Å². The Morgan fingerprint density at radius 3 is 2.41 bits per heavy atom. The van der Waals surface area contributed by atoms with Gasteiger partial charge in [0, 0.05) is 24.7 Å². The van der Waals surface area contributed by atoms with E-state index in [1.54, 1.807) is 11.0 Å². The van der Waals surface area contributed by atoms with E-state index in [1.165, 1.54) is 7.11 Å². The first-order valence-corrected chi connectivity index (χ1v) is 11.4. The summed E-state index contributed by atoms with van der Waals surface area (Å²) in [4.78, 5) is 31.2. The number of ether oxygens (including phenoxy) is 3. The van der Waals surface area contributed by atoms with E-state index in [9.17, 15) is 9.59 Å². The van der Waals surface area contributed by atoms with Crippen molar-refractivity contribution in [1.29, 1.82) is 0 Å². The second-order valence-electron chi connectivity index (χ2n) is 8.72. The van der Waals surface area contributed by atoms with Gasteiger partial charge in [0.2, 0.25) is 0 Å². The number of benzene rings is 1. The zero-order valence-corrected chi connectivity index (χ0v) is 20.5. The number of nitrogens with zero attached hydrogens (tertiary/aromatic N) is 2. The number of likely N-dealkylation sites (tertiary alicyclic amines) is 1. The summed E-state index contributed by atoms with van der Waals surface area (Å²) in [5.41, 5.74) is 1.56. The van der Waals surface area contributed by atoms with E-state index >= 15 is 0 Å². The smallest absolute Gasteiger partial charge is 0.410 e. The second kappa shape index (κ2) is 10.3. The largest absolute Gasteiger partial charge is 0.485 e. The van der Waals surface area contributed by atoms with Crippen LogP contribution >= 0.6 is 15.9 Å². The maximum atomic E-state index is 12.5. The number of pyridine rings is 1. The third-order valence-corrected chi connectivity index (χ3v) is 5.69. The van der Waals surface area contributed by atoms with Crippen molar-refractivity contribution in [3.8, 4) is 5.75 Å². The molecular weight excluding hydrogens is 476 g/mol. The van der Waals surface area contributed by atoms with Crippen molar-refractivity contribution in [2.45, 2.75) is 51.7 Å². The monoisotopic (exact) mass is 504 g/mol. The molecule has 0 unspecified atom stereocenters. The normalized spacial score (nSPS) is 14.7. The zero-order valence-electron chi connectivity index (χ0n) is 18.9. The lowest BCUT2D eigenvalue weighted by atomic mass is 9.92. The molecule has 1 aliphatic heterocycles. The zero-order chi connectivity index (χ0) is 23.3. The van der Waals surface area contributed by atoms with E-state index in [2.05, 4.69) is 20.9 Å². The van der Waals surface area contributed by atoms with Crippen molar-refractivity contribution in [3.05, 3.63) is 57.8 Å². The third-order valence-electron chi connectivity index (χ3n) is 5.15. The third kappa shape index (κ3) is 6.22. The molecule has 0 N–H and O–H groups in total. The summed E-state index contributed by atoms with van der Waals surface area (Å²) in [6.07, 6.45) is 1.15. The highest BCUT2D eigenvalue weighted by molar-refractivity contribution is 9.10. The van der Waals surface area contributed by atoms with Crippen LogP contribution in [0.2, 0.25) is 0 Å². The van der Waals surface area contributed by atoms with Crippen molar-refractivity contribution in [2.75, 3.05) is 20.2 Å². The lowest BCUT2D eigenvalue weighted by molar-refractivity contribution is 0.0204. The number of hydrogen-bond acceptors (Lipinski definition) is 6. The summed E-state index contributed by atoms with van der Waals surface area (Å²) in [5.74, 6) is -0.0178.